The summed E-state index contributed by atoms with van der Waals surface area (Å²) in [5.41, 5.74) is 1.87. The van der Waals surface area contributed by atoms with Gasteiger partial charge in [0.25, 0.3) is 11.8 Å². The molecule has 0 aliphatic carbocycles. The Balaban J connectivity index is 2.02. The maximum atomic E-state index is 12.9. The minimum absolute atomic E-state index is 0.00525. The maximum absolute atomic E-state index is 12.9. The molecule has 1 N–H and O–H groups in total. The number of benzene rings is 1. The summed E-state index contributed by atoms with van der Waals surface area (Å²) < 4.78 is 0.285. The minimum atomic E-state index is -1.00. The molecule has 0 saturated carbocycles. The van der Waals surface area contributed by atoms with Crippen molar-refractivity contribution in [2.75, 3.05) is 18.0 Å². The Morgan fingerprint density at radius 2 is 1.88 bits per heavy atom. The molecule has 25 heavy (non-hydrogen) atoms. The molecule has 3 rings (SSSR count). The normalized spacial score (nSPS) is 19.8. The molecule has 6 nitrogen and oxygen atoms in total. The van der Waals surface area contributed by atoms with E-state index in [2.05, 4.69) is 0 Å². The standard InChI is InChI=1S/C17H16N2O4S2/c1-2-8-18-11-6-4-3-5-10(11)13(15(18)22)14-16(23)19(17(24)25-14)9-7-12(20)21/h3-6H,2,7-9H2,1H3,(H,20,21)/b14-13+. The van der Waals surface area contributed by atoms with Crippen LogP contribution in [-0.4, -0.2) is 45.2 Å². The van der Waals surface area contributed by atoms with Crippen LogP contribution in [0.1, 0.15) is 25.3 Å². The number of carboxylic acids is 1. The van der Waals surface area contributed by atoms with Crippen molar-refractivity contribution in [1.82, 2.24) is 4.90 Å². The van der Waals surface area contributed by atoms with E-state index in [-0.39, 0.29) is 28.1 Å². The number of para-hydroxylation sites is 1. The third-order valence-electron chi connectivity index (χ3n) is 4.00. The van der Waals surface area contributed by atoms with E-state index in [9.17, 15) is 14.4 Å². The van der Waals surface area contributed by atoms with Gasteiger partial charge in [-0.1, -0.05) is 49.1 Å². The SMILES string of the molecule is CCCN1C(=O)/C(=C2/SC(=S)N(CCC(=O)O)C2=O)c2ccccc21. The Morgan fingerprint density at radius 1 is 1.16 bits per heavy atom. The molecule has 1 fully saturated rings. The van der Waals surface area contributed by atoms with E-state index >= 15 is 0 Å². The fourth-order valence-corrected chi connectivity index (χ4v) is 4.27. The fraction of sp³-hybridized carbons (Fsp3) is 0.294. The number of carboxylic acid groups (broad SMARTS) is 1. The van der Waals surface area contributed by atoms with Crippen molar-refractivity contribution in [2.45, 2.75) is 19.8 Å². The number of thioether (sulfide) groups is 1. The van der Waals surface area contributed by atoms with Crippen LogP contribution in [0.5, 0.6) is 0 Å². The third kappa shape index (κ3) is 3.07. The quantitative estimate of drug-likeness (QED) is 0.628. The highest BCUT2D eigenvalue weighted by atomic mass is 32.2. The van der Waals surface area contributed by atoms with Gasteiger partial charge in [0.05, 0.1) is 22.6 Å². The zero-order valence-electron chi connectivity index (χ0n) is 13.5. The molecule has 2 amide bonds. The Morgan fingerprint density at radius 3 is 2.56 bits per heavy atom. The second-order valence-electron chi connectivity index (χ2n) is 5.65. The van der Waals surface area contributed by atoms with Crippen LogP contribution in [0.3, 0.4) is 0 Å². The molecule has 0 atom stereocenters. The monoisotopic (exact) mass is 376 g/mol. The zero-order chi connectivity index (χ0) is 18.1. The first kappa shape index (κ1) is 17.6. The van der Waals surface area contributed by atoms with Crippen molar-refractivity contribution in [2.24, 2.45) is 0 Å². The highest BCUT2D eigenvalue weighted by Crippen LogP contribution is 2.44. The van der Waals surface area contributed by atoms with E-state index in [1.165, 1.54) is 4.90 Å². The molecule has 2 heterocycles. The van der Waals surface area contributed by atoms with Crippen LogP contribution in [-0.2, 0) is 14.4 Å². The number of carbonyl (C=O) groups excluding carboxylic acids is 2. The lowest BCUT2D eigenvalue weighted by Crippen LogP contribution is -2.31. The molecule has 2 aliphatic rings. The number of hydrogen-bond donors (Lipinski definition) is 1. The molecule has 1 saturated heterocycles. The lowest BCUT2D eigenvalue weighted by molar-refractivity contribution is -0.137. The van der Waals surface area contributed by atoms with Gasteiger partial charge >= 0.3 is 5.97 Å². The van der Waals surface area contributed by atoms with Gasteiger partial charge in [0, 0.05) is 18.7 Å². The predicted molar refractivity (Wildman–Crippen MR) is 100 cm³/mol. The van der Waals surface area contributed by atoms with Gasteiger partial charge < -0.3 is 10.0 Å². The van der Waals surface area contributed by atoms with E-state index in [4.69, 9.17) is 17.3 Å². The molecule has 1 aromatic carbocycles. The predicted octanol–water partition coefficient (Wildman–Crippen LogP) is 2.49. The number of carbonyl (C=O) groups is 3. The molecule has 0 unspecified atom stereocenters. The number of hydrogen-bond acceptors (Lipinski definition) is 5. The van der Waals surface area contributed by atoms with Gasteiger partial charge in [-0.15, -0.1) is 0 Å². The maximum Gasteiger partial charge on any atom is 0.305 e. The number of nitrogens with zero attached hydrogens (tertiary/aromatic N) is 2. The first-order chi connectivity index (χ1) is 12.0. The van der Waals surface area contributed by atoms with Crippen LogP contribution in [0, 0.1) is 0 Å². The van der Waals surface area contributed by atoms with Crippen molar-refractivity contribution in [1.29, 1.82) is 0 Å². The summed E-state index contributed by atoms with van der Waals surface area (Å²) in [6.07, 6.45) is 0.606. The number of fused-ring (bicyclic) bond motifs is 1. The smallest absolute Gasteiger partial charge is 0.305 e. The zero-order valence-corrected chi connectivity index (χ0v) is 15.2. The summed E-state index contributed by atoms with van der Waals surface area (Å²) in [4.78, 5) is 39.6. The summed E-state index contributed by atoms with van der Waals surface area (Å²) in [5, 5.41) is 8.83. The van der Waals surface area contributed by atoms with Crippen molar-refractivity contribution in [3.63, 3.8) is 0 Å². The molecule has 8 heteroatoms. The number of thiocarbonyl (C=S) groups is 1. The summed E-state index contributed by atoms with van der Waals surface area (Å²) >= 11 is 6.28. The van der Waals surface area contributed by atoms with Crippen molar-refractivity contribution >= 4 is 57.3 Å². The van der Waals surface area contributed by atoms with E-state index in [1.807, 2.05) is 31.2 Å². The van der Waals surface area contributed by atoms with Gasteiger partial charge in [-0.05, 0) is 12.5 Å². The molecule has 1 aromatic rings. The minimum Gasteiger partial charge on any atom is -0.481 e. The van der Waals surface area contributed by atoms with Gasteiger partial charge in [0.15, 0.2) is 0 Å². The van der Waals surface area contributed by atoms with Gasteiger partial charge in [0.1, 0.15) is 4.32 Å². The second-order valence-corrected chi connectivity index (χ2v) is 7.29. The van der Waals surface area contributed by atoms with Crippen molar-refractivity contribution < 1.29 is 19.5 Å². The Hall–Kier alpha value is -2.19. The topological polar surface area (TPSA) is 77.9 Å². The van der Waals surface area contributed by atoms with Gasteiger partial charge in [-0.2, -0.15) is 0 Å². The number of anilines is 1. The summed E-state index contributed by atoms with van der Waals surface area (Å²) in [7, 11) is 0. The molecule has 0 radical (unpaired) electrons. The van der Waals surface area contributed by atoms with Gasteiger partial charge in [0.2, 0.25) is 0 Å². The molecule has 2 aliphatic heterocycles. The summed E-state index contributed by atoms with van der Waals surface area (Å²) in [5.74, 6) is -1.60. The van der Waals surface area contributed by atoms with Crippen LogP contribution in [0.15, 0.2) is 29.2 Å². The van der Waals surface area contributed by atoms with Crippen LogP contribution >= 0.6 is 24.0 Å². The van der Waals surface area contributed by atoms with E-state index < -0.39 is 11.9 Å². The van der Waals surface area contributed by atoms with E-state index in [0.717, 1.165) is 29.4 Å². The molecule has 0 aromatic heterocycles. The molecule has 130 valence electrons. The summed E-state index contributed by atoms with van der Waals surface area (Å²) in [6, 6.07) is 7.37. The first-order valence-corrected chi connectivity index (χ1v) is 9.09. The van der Waals surface area contributed by atoms with Crippen LogP contribution in [0.25, 0.3) is 5.57 Å². The van der Waals surface area contributed by atoms with Crippen LogP contribution in [0.4, 0.5) is 5.69 Å². The van der Waals surface area contributed by atoms with E-state index in [1.54, 1.807) is 4.90 Å². The van der Waals surface area contributed by atoms with Gasteiger partial charge in [-0.3, -0.25) is 19.3 Å². The lowest BCUT2D eigenvalue weighted by atomic mass is 10.1. The lowest BCUT2D eigenvalue weighted by Gasteiger charge is -2.15. The van der Waals surface area contributed by atoms with Gasteiger partial charge in [-0.25, -0.2) is 0 Å². The highest BCUT2D eigenvalue weighted by molar-refractivity contribution is 8.26. The Labute approximate surface area is 154 Å². The van der Waals surface area contributed by atoms with Crippen LogP contribution in [0.2, 0.25) is 0 Å². The third-order valence-corrected chi connectivity index (χ3v) is 5.44. The largest absolute Gasteiger partial charge is 0.481 e. The highest BCUT2D eigenvalue weighted by Gasteiger charge is 2.41. The van der Waals surface area contributed by atoms with E-state index in [0.29, 0.717) is 12.1 Å². The average Bonchev–Trinajstić information content (AvgIpc) is 3.00. The molecular weight excluding hydrogens is 360 g/mol. The van der Waals surface area contributed by atoms with Crippen LogP contribution < -0.4 is 4.90 Å². The average molecular weight is 376 g/mol. The Bertz CT molecular complexity index is 819. The summed E-state index contributed by atoms with van der Waals surface area (Å²) in [6.45, 7) is 2.56. The molecular formula is C17H16N2O4S2. The second kappa shape index (κ2) is 6.97. The van der Waals surface area contributed by atoms with Crippen molar-refractivity contribution in [3.8, 4) is 0 Å². The van der Waals surface area contributed by atoms with Crippen molar-refractivity contribution in [3.05, 3.63) is 34.7 Å². The molecule has 0 spiro atoms. The first-order valence-electron chi connectivity index (χ1n) is 7.86. The molecule has 0 bridgehead atoms. The number of amides is 2. The number of aliphatic carboxylic acids is 1. The number of rotatable bonds is 5. The Kier molecular flexibility index (Phi) is 4.91. The fourth-order valence-electron chi connectivity index (χ4n) is 2.89.